The number of ether oxygens (including phenoxy) is 1. The molecule has 126 valence electrons. The fourth-order valence-corrected chi connectivity index (χ4v) is 3.18. The molecule has 1 aliphatic heterocycles. The molecule has 0 amide bonds. The number of hydrogen-bond donors (Lipinski definition) is 0. The fourth-order valence-electron chi connectivity index (χ4n) is 3.18. The lowest BCUT2D eigenvalue weighted by Crippen LogP contribution is -2.10. The second-order valence-corrected chi connectivity index (χ2v) is 6.84. The van der Waals surface area contributed by atoms with Gasteiger partial charge in [-0.1, -0.05) is 64.5 Å². The number of carbonyl (C=O) groups excluding carboxylic acids is 2. The molecule has 0 spiro atoms. The lowest BCUT2D eigenvalue weighted by atomic mass is 9.87. The summed E-state index contributed by atoms with van der Waals surface area (Å²) in [6.45, 7) is 8.77. The van der Waals surface area contributed by atoms with Crippen molar-refractivity contribution in [2.45, 2.75) is 79.1 Å². The average molecular weight is 308 g/mol. The van der Waals surface area contributed by atoms with Gasteiger partial charge in [-0.3, -0.25) is 9.59 Å². The number of allylic oxidation sites excluding steroid dienone is 1. The van der Waals surface area contributed by atoms with Crippen LogP contribution in [0.5, 0.6) is 0 Å². The van der Waals surface area contributed by atoms with Gasteiger partial charge in [-0.05, 0) is 31.6 Å². The molecule has 0 bridgehead atoms. The summed E-state index contributed by atoms with van der Waals surface area (Å²) in [5.41, 5.74) is 0.993. The molecule has 3 unspecified atom stereocenters. The summed E-state index contributed by atoms with van der Waals surface area (Å²) in [7, 11) is 0. The van der Waals surface area contributed by atoms with E-state index in [0.717, 1.165) is 24.3 Å². The third-order valence-electron chi connectivity index (χ3n) is 4.81. The van der Waals surface area contributed by atoms with Crippen molar-refractivity contribution in [2.75, 3.05) is 0 Å². The largest absolute Gasteiger partial charge is 0.393 e. The van der Waals surface area contributed by atoms with Gasteiger partial charge < -0.3 is 4.74 Å². The van der Waals surface area contributed by atoms with E-state index in [1.165, 1.54) is 32.1 Å². The van der Waals surface area contributed by atoms with Crippen LogP contribution in [0, 0.1) is 17.8 Å². The Morgan fingerprint density at radius 3 is 2.59 bits per heavy atom. The van der Waals surface area contributed by atoms with Crippen LogP contribution in [0.4, 0.5) is 0 Å². The van der Waals surface area contributed by atoms with Gasteiger partial charge in [0.05, 0.1) is 12.3 Å². The second kappa shape index (κ2) is 9.81. The molecular weight excluding hydrogens is 276 g/mol. The highest BCUT2D eigenvalue weighted by atomic mass is 16.6. The van der Waals surface area contributed by atoms with Crippen LogP contribution in [0.25, 0.3) is 0 Å². The van der Waals surface area contributed by atoms with Crippen LogP contribution in [-0.4, -0.2) is 11.9 Å². The highest BCUT2D eigenvalue weighted by Crippen LogP contribution is 2.27. The number of unbranched alkanes of at least 4 members (excludes halogenated alkanes) is 2. The lowest BCUT2D eigenvalue weighted by molar-refractivity contribution is -0.152. The maximum absolute atomic E-state index is 11.6. The Morgan fingerprint density at radius 1 is 1.32 bits per heavy atom. The molecule has 3 nitrogen and oxygen atoms in total. The smallest absolute Gasteiger partial charge is 0.321 e. The molecule has 22 heavy (non-hydrogen) atoms. The first-order chi connectivity index (χ1) is 10.5. The Bertz CT molecular complexity index is 397. The molecule has 0 saturated carbocycles. The van der Waals surface area contributed by atoms with Crippen LogP contribution in [0.1, 0.15) is 79.1 Å². The van der Waals surface area contributed by atoms with Gasteiger partial charge in [0, 0.05) is 0 Å². The molecule has 0 radical (unpaired) electrons. The Hall–Kier alpha value is -1.12. The van der Waals surface area contributed by atoms with Gasteiger partial charge in [0.25, 0.3) is 0 Å². The first-order valence-corrected chi connectivity index (χ1v) is 8.89. The molecule has 0 aliphatic carbocycles. The number of rotatable bonds is 10. The molecule has 3 atom stereocenters. The van der Waals surface area contributed by atoms with Gasteiger partial charge in [0.15, 0.2) is 0 Å². The Kier molecular flexibility index (Phi) is 8.44. The summed E-state index contributed by atoms with van der Waals surface area (Å²) >= 11 is 0. The number of cyclic esters (lactones) is 2. The van der Waals surface area contributed by atoms with Crippen LogP contribution in [0.3, 0.4) is 0 Å². The van der Waals surface area contributed by atoms with E-state index in [4.69, 9.17) is 0 Å². The van der Waals surface area contributed by atoms with Gasteiger partial charge in [0.1, 0.15) is 0 Å². The summed E-state index contributed by atoms with van der Waals surface area (Å²) in [5.74, 6) is 0.328. The van der Waals surface area contributed by atoms with E-state index in [1.807, 2.05) is 6.92 Å². The Labute approximate surface area is 135 Å². The van der Waals surface area contributed by atoms with Crippen LogP contribution >= 0.6 is 0 Å². The van der Waals surface area contributed by atoms with Gasteiger partial charge >= 0.3 is 11.9 Å². The Morgan fingerprint density at radius 2 is 2.05 bits per heavy atom. The molecule has 1 rings (SSSR count). The molecule has 1 heterocycles. The van der Waals surface area contributed by atoms with Gasteiger partial charge in [0.2, 0.25) is 0 Å². The van der Waals surface area contributed by atoms with Gasteiger partial charge in [-0.15, -0.1) is 0 Å². The maximum atomic E-state index is 11.6. The molecule has 1 aliphatic rings. The lowest BCUT2D eigenvalue weighted by Gasteiger charge is -2.19. The van der Waals surface area contributed by atoms with Crippen molar-refractivity contribution < 1.29 is 14.3 Å². The van der Waals surface area contributed by atoms with Gasteiger partial charge in [-0.25, -0.2) is 0 Å². The third kappa shape index (κ3) is 6.33. The van der Waals surface area contributed by atoms with Crippen molar-refractivity contribution in [1.82, 2.24) is 0 Å². The summed E-state index contributed by atoms with van der Waals surface area (Å²) in [5, 5.41) is 0. The van der Waals surface area contributed by atoms with Crippen LogP contribution in [-0.2, 0) is 14.3 Å². The van der Waals surface area contributed by atoms with Crippen molar-refractivity contribution in [3.05, 3.63) is 11.6 Å². The fraction of sp³-hybridized carbons (Fsp3) is 0.789. The van der Waals surface area contributed by atoms with Crippen molar-refractivity contribution in [1.29, 1.82) is 0 Å². The van der Waals surface area contributed by atoms with Crippen molar-refractivity contribution in [3.63, 3.8) is 0 Å². The van der Waals surface area contributed by atoms with E-state index in [-0.39, 0.29) is 24.3 Å². The minimum absolute atomic E-state index is 0.214. The monoisotopic (exact) mass is 308 g/mol. The Balaban J connectivity index is 2.43. The molecule has 0 aromatic rings. The number of hydrogen-bond acceptors (Lipinski definition) is 3. The summed E-state index contributed by atoms with van der Waals surface area (Å²) in [6, 6.07) is 0. The van der Waals surface area contributed by atoms with Crippen LogP contribution in [0.2, 0.25) is 0 Å². The van der Waals surface area contributed by atoms with Crippen molar-refractivity contribution in [3.8, 4) is 0 Å². The zero-order valence-corrected chi connectivity index (χ0v) is 14.7. The van der Waals surface area contributed by atoms with E-state index >= 15 is 0 Å². The van der Waals surface area contributed by atoms with E-state index in [9.17, 15) is 9.59 Å². The summed E-state index contributed by atoms with van der Waals surface area (Å²) in [4.78, 5) is 22.7. The van der Waals surface area contributed by atoms with E-state index in [0.29, 0.717) is 5.92 Å². The first-order valence-electron chi connectivity index (χ1n) is 8.89. The topological polar surface area (TPSA) is 43.4 Å². The molecule has 1 fully saturated rings. The predicted molar refractivity (Wildman–Crippen MR) is 89.3 cm³/mol. The molecular formula is C19H32O3. The van der Waals surface area contributed by atoms with E-state index < -0.39 is 0 Å². The molecule has 0 aromatic carbocycles. The van der Waals surface area contributed by atoms with E-state index in [1.54, 1.807) is 0 Å². The minimum atomic E-state index is -0.390. The summed E-state index contributed by atoms with van der Waals surface area (Å²) < 4.78 is 4.63. The van der Waals surface area contributed by atoms with Crippen molar-refractivity contribution >= 4 is 11.9 Å². The van der Waals surface area contributed by atoms with Gasteiger partial charge in [-0.2, -0.15) is 0 Å². The average Bonchev–Trinajstić information content (AvgIpc) is 2.82. The molecule has 0 aromatic heterocycles. The summed E-state index contributed by atoms with van der Waals surface area (Å²) in [6.07, 6.45) is 11.0. The normalized spacial score (nSPS) is 21.8. The molecule has 3 heteroatoms. The molecule has 0 N–H and O–H groups in total. The first kappa shape index (κ1) is 18.9. The van der Waals surface area contributed by atoms with E-state index in [2.05, 4.69) is 31.6 Å². The maximum Gasteiger partial charge on any atom is 0.321 e. The minimum Gasteiger partial charge on any atom is -0.393 e. The standard InChI is InChI=1S/C19H32O3/c1-5-7-8-9-14(3)12-16(6-2)11-10-15(4)17-13-18(20)22-19(17)21/h10,14,16-17H,5-9,11-13H2,1-4H3. The zero-order valence-electron chi connectivity index (χ0n) is 14.7. The highest BCUT2D eigenvalue weighted by molar-refractivity contribution is 5.96. The zero-order chi connectivity index (χ0) is 16.5. The van der Waals surface area contributed by atoms with Crippen LogP contribution in [0.15, 0.2) is 11.6 Å². The quantitative estimate of drug-likeness (QED) is 0.246. The number of carbonyl (C=O) groups is 2. The van der Waals surface area contributed by atoms with Crippen molar-refractivity contribution in [2.24, 2.45) is 17.8 Å². The SMILES string of the molecule is CCCCCC(C)CC(CC)CC=C(C)C1CC(=O)OC1=O. The van der Waals surface area contributed by atoms with Crippen LogP contribution < -0.4 is 0 Å². The third-order valence-corrected chi connectivity index (χ3v) is 4.81. The second-order valence-electron chi connectivity index (χ2n) is 6.84. The predicted octanol–water partition coefficient (Wildman–Crippen LogP) is 5.05. The molecule has 1 saturated heterocycles. The number of esters is 2. The highest BCUT2D eigenvalue weighted by Gasteiger charge is 2.34.